The maximum atomic E-state index is 13.2. The van der Waals surface area contributed by atoms with E-state index in [1.54, 1.807) is 12.1 Å². The molecular formula is C25H26ClFN2. The summed E-state index contributed by atoms with van der Waals surface area (Å²) in [6, 6.07) is 17.7. The predicted octanol–water partition coefficient (Wildman–Crippen LogP) is 6.13. The van der Waals surface area contributed by atoms with Crippen LogP contribution >= 0.6 is 11.6 Å². The number of rotatable bonds is 1. The summed E-state index contributed by atoms with van der Waals surface area (Å²) < 4.78 is 13.2. The molecule has 3 aromatic carbocycles. The molecular weight excluding hydrogens is 383 g/mol. The molecule has 4 heteroatoms. The summed E-state index contributed by atoms with van der Waals surface area (Å²) >= 11 is 5.86. The Hall–Kier alpha value is -2.52. The molecule has 0 fully saturated rings. The fourth-order valence-corrected chi connectivity index (χ4v) is 4.48. The number of hydrogen-bond donors (Lipinski definition) is 0. The molecule has 0 aliphatic carbocycles. The van der Waals surface area contributed by atoms with Gasteiger partial charge in [0.05, 0.1) is 5.02 Å². The molecule has 0 unspecified atom stereocenters. The lowest BCUT2D eigenvalue weighted by Gasteiger charge is -2.13. The molecule has 0 atom stereocenters. The Kier molecular flexibility index (Phi) is 5.51. The van der Waals surface area contributed by atoms with Gasteiger partial charge >= 0.3 is 0 Å². The number of anilines is 2. The van der Waals surface area contributed by atoms with E-state index in [4.69, 9.17) is 11.6 Å². The molecule has 0 spiro atoms. The third kappa shape index (κ3) is 3.84. The van der Waals surface area contributed by atoms with Crippen molar-refractivity contribution in [3.8, 4) is 11.1 Å². The average Bonchev–Trinajstić information content (AvgIpc) is 3.29. The molecule has 0 radical (unpaired) electrons. The zero-order valence-electron chi connectivity index (χ0n) is 17.2. The van der Waals surface area contributed by atoms with Crippen LogP contribution in [0.25, 0.3) is 11.1 Å². The largest absolute Gasteiger partial charge is 0.374 e. The Labute approximate surface area is 177 Å². The van der Waals surface area contributed by atoms with Crippen LogP contribution in [0.4, 0.5) is 15.8 Å². The van der Waals surface area contributed by atoms with E-state index in [0.29, 0.717) is 0 Å². The van der Waals surface area contributed by atoms with Crippen LogP contribution in [0.1, 0.15) is 16.7 Å². The molecule has 0 amide bonds. The standard InChI is InChI=1S/C15H13ClFN.C10H13N/c1-18-8-7-12-11(3-2-4-15(12)18)10-5-6-14(17)13(16)9-10;1-8-4-3-5-10-9(8)6-7-11(10)2/h2-6,9H,7-8H2,1H3;3-5H,6-7H2,1-2H3. The molecule has 2 heterocycles. The summed E-state index contributed by atoms with van der Waals surface area (Å²) in [5.74, 6) is -0.370. The quantitative estimate of drug-likeness (QED) is 0.478. The van der Waals surface area contributed by atoms with Gasteiger partial charge in [-0.15, -0.1) is 0 Å². The Bertz CT molecular complexity index is 1050. The second-order valence-electron chi connectivity index (χ2n) is 7.85. The van der Waals surface area contributed by atoms with Crippen molar-refractivity contribution in [2.45, 2.75) is 19.8 Å². The Balaban J connectivity index is 0.000000159. The van der Waals surface area contributed by atoms with E-state index in [1.165, 1.54) is 47.1 Å². The Morgan fingerprint density at radius 2 is 1.45 bits per heavy atom. The summed E-state index contributed by atoms with van der Waals surface area (Å²) in [5.41, 5.74) is 9.11. The lowest BCUT2D eigenvalue weighted by molar-refractivity contribution is 0.628. The highest BCUT2D eigenvalue weighted by Gasteiger charge is 2.19. The van der Waals surface area contributed by atoms with Crippen molar-refractivity contribution in [3.05, 3.63) is 82.1 Å². The molecule has 3 aromatic rings. The van der Waals surface area contributed by atoms with Crippen molar-refractivity contribution in [1.29, 1.82) is 0 Å². The SMILES string of the molecule is CN1CCc2c(-c3ccc(F)c(Cl)c3)cccc21.Cc1cccc2c1CCN2C. The summed E-state index contributed by atoms with van der Waals surface area (Å²) in [4.78, 5) is 4.56. The summed E-state index contributed by atoms with van der Waals surface area (Å²) in [6.45, 7) is 4.40. The number of halogens is 2. The van der Waals surface area contributed by atoms with Crippen molar-refractivity contribution < 1.29 is 4.39 Å². The fourth-order valence-electron chi connectivity index (χ4n) is 4.30. The minimum absolute atomic E-state index is 0.177. The number of nitrogens with zero attached hydrogens (tertiary/aromatic N) is 2. The smallest absolute Gasteiger partial charge is 0.141 e. The zero-order valence-corrected chi connectivity index (χ0v) is 17.9. The van der Waals surface area contributed by atoms with Crippen LogP contribution in [0.5, 0.6) is 0 Å². The molecule has 29 heavy (non-hydrogen) atoms. The number of aryl methyl sites for hydroxylation is 1. The summed E-state index contributed by atoms with van der Waals surface area (Å²) in [6.07, 6.45) is 2.25. The highest BCUT2D eigenvalue weighted by molar-refractivity contribution is 6.31. The van der Waals surface area contributed by atoms with Gasteiger partial charge in [-0.3, -0.25) is 0 Å². The lowest BCUT2D eigenvalue weighted by atomic mass is 9.98. The van der Waals surface area contributed by atoms with E-state index in [1.807, 2.05) is 6.07 Å². The van der Waals surface area contributed by atoms with Crippen LogP contribution < -0.4 is 9.80 Å². The minimum atomic E-state index is -0.370. The van der Waals surface area contributed by atoms with Gasteiger partial charge in [-0.1, -0.05) is 41.9 Å². The second-order valence-corrected chi connectivity index (χ2v) is 8.26. The van der Waals surface area contributed by atoms with Gasteiger partial charge in [0.1, 0.15) is 5.82 Å². The maximum absolute atomic E-state index is 13.2. The van der Waals surface area contributed by atoms with Gasteiger partial charge in [-0.05, 0) is 71.8 Å². The van der Waals surface area contributed by atoms with E-state index in [-0.39, 0.29) is 10.8 Å². The molecule has 0 saturated carbocycles. The topological polar surface area (TPSA) is 6.48 Å². The summed E-state index contributed by atoms with van der Waals surface area (Å²) in [5, 5.41) is 0.177. The van der Waals surface area contributed by atoms with Gasteiger partial charge in [-0.2, -0.15) is 0 Å². The first-order valence-electron chi connectivity index (χ1n) is 10.0. The van der Waals surface area contributed by atoms with Gasteiger partial charge in [0.2, 0.25) is 0 Å². The normalized spacial score (nSPS) is 14.4. The van der Waals surface area contributed by atoms with Crippen LogP contribution in [-0.2, 0) is 12.8 Å². The first-order valence-corrected chi connectivity index (χ1v) is 10.4. The number of benzene rings is 3. The molecule has 2 aliphatic rings. The maximum Gasteiger partial charge on any atom is 0.141 e. The van der Waals surface area contributed by atoms with E-state index < -0.39 is 0 Å². The van der Waals surface area contributed by atoms with Gasteiger partial charge in [-0.25, -0.2) is 4.39 Å². The van der Waals surface area contributed by atoms with Crippen molar-refractivity contribution in [2.24, 2.45) is 0 Å². The fraction of sp³-hybridized carbons (Fsp3) is 0.280. The van der Waals surface area contributed by atoms with Crippen LogP contribution in [-0.4, -0.2) is 27.2 Å². The highest BCUT2D eigenvalue weighted by Crippen LogP contribution is 2.36. The molecule has 0 bridgehead atoms. The molecule has 0 saturated heterocycles. The van der Waals surface area contributed by atoms with Crippen LogP contribution in [0.15, 0.2) is 54.6 Å². The van der Waals surface area contributed by atoms with E-state index in [0.717, 1.165) is 24.1 Å². The Morgan fingerprint density at radius 3 is 2.10 bits per heavy atom. The first-order chi connectivity index (χ1) is 14.0. The molecule has 150 valence electrons. The van der Waals surface area contributed by atoms with Crippen molar-refractivity contribution in [2.75, 3.05) is 37.0 Å². The van der Waals surface area contributed by atoms with Gasteiger partial charge in [0.15, 0.2) is 0 Å². The van der Waals surface area contributed by atoms with E-state index >= 15 is 0 Å². The molecule has 2 aliphatic heterocycles. The Morgan fingerprint density at radius 1 is 0.828 bits per heavy atom. The number of hydrogen-bond acceptors (Lipinski definition) is 2. The van der Waals surface area contributed by atoms with Crippen LogP contribution in [0, 0.1) is 12.7 Å². The van der Waals surface area contributed by atoms with E-state index in [9.17, 15) is 4.39 Å². The first kappa shape index (κ1) is 19.8. The third-order valence-corrected chi connectivity index (χ3v) is 6.27. The summed E-state index contributed by atoms with van der Waals surface area (Å²) in [7, 11) is 4.25. The van der Waals surface area contributed by atoms with Crippen LogP contribution in [0.2, 0.25) is 5.02 Å². The van der Waals surface area contributed by atoms with Gasteiger partial charge in [0.25, 0.3) is 0 Å². The van der Waals surface area contributed by atoms with Gasteiger partial charge in [0, 0.05) is 38.6 Å². The van der Waals surface area contributed by atoms with Crippen molar-refractivity contribution >= 4 is 23.0 Å². The van der Waals surface area contributed by atoms with Crippen molar-refractivity contribution in [1.82, 2.24) is 0 Å². The minimum Gasteiger partial charge on any atom is -0.374 e. The average molecular weight is 409 g/mol. The molecule has 0 N–H and O–H groups in total. The lowest BCUT2D eigenvalue weighted by Crippen LogP contribution is -2.12. The predicted molar refractivity (Wildman–Crippen MR) is 122 cm³/mol. The molecule has 5 rings (SSSR count). The monoisotopic (exact) mass is 408 g/mol. The highest BCUT2D eigenvalue weighted by atomic mass is 35.5. The second kappa shape index (κ2) is 8.08. The number of fused-ring (bicyclic) bond motifs is 2. The van der Waals surface area contributed by atoms with E-state index in [2.05, 4.69) is 61.2 Å². The third-order valence-electron chi connectivity index (χ3n) is 5.98. The molecule has 0 aromatic heterocycles. The number of likely N-dealkylation sites (N-methyl/N-ethyl adjacent to an activating group) is 2. The molecule has 2 nitrogen and oxygen atoms in total. The zero-order chi connectivity index (χ0) is 20.5. The van der Waals surface area contributed by atoms with Crippen molar-refractivity contribution in [3.63, 3.8) is 0 Å². The van der Waals surface area contributed by atoms with Gasteiger partial charge < -0.3 is 9.80 Å². The van der Waals surface area contributed by atoms with Crippen LogP contribution in [0.3, 0.4) is 0 Å².